The second-order valence-corrected chi connectivity index (χ2v) is 8.96. The molecule has 0 radical (unpaired) electrons. The van der Waals surface area contributed by atoms with E-state index in [4.69, 9.17) is 8.83 Å². The van der Waals surface area contributed by atoms with Gasteiger partial charge >= 0.3 is 0 Å². The summed E-state index contributed by atoms with van der Waals surface area (Å²) >= 11 is 0. The summed E-state index contributed by atoms with van der Waals surface area (Å²) in [5, 5.41) is 0.477. The maximum absolute atomic E-state index is 13.5. The molecule has 3 heterocycles. The molecule has 4 aromatic rings. The minimum Gasteiger partial charge on any atom is -0.467 e. The molecule has 0 saturated carbocycles. The Balaban J connectivity index is 1.70. The molecule has 5 heteroatoms. The lowest BCUT2D eigenvalue weighted by molar-refractivity contribution is 0.0701. The number of carbonyl (C=O) groups is 1. The van der Waals surface area contributed by atoms with Crippen LogP contribution in [0.4, 0.5) is 0 Å². The largest absolute Gasteiger partial charge is 0.467 e. The third-order valence-electron chi connectivity index (χ3n) is 5.87. The summed E-state index contributed by atoms with van der Waals surface area (Å²) in [6.45, 7) is 6.71. The van der Waals surface area contributed by atoms with Crippen LogP contribution in [0.5, 0.6) is 0 Å². The van der Waals surface area contributed by atoms with E-state index in [1.54, 1.807) is 41.5 Å². The quantitative estimate of drug-likeness (QED) is 0.449. The lowest BCUT2D eigenvalue weighted by atomic mass is 9.86. The van der Waals surface area contributed by atoms with Crippen molar-refractivity contribution in [2.75, 3.05) is 0 Å². The zero-order valence-corrected chi connectivity index (χ0v) is 17.7. The third-order valence-corrected chi connectivity index (χ3v) is 5.87. The molecular formula is C26H23NO4. The Morgan fingerprint density at radius 3 is 2.35 bits per heavy atom. The first-order valence-electron chi connectivity index (χ1n) is 10.3. The minimum absolute atomic E-state index is 0.00498. The van der Waals surface area contributed by atoms with Crippen molar-refractivity contribution in [1.82, 2.24) is 4.90 Å². The first-order chi connectivity index (χ1) is 14.8. The van der Waals surface area contributed by atoms with Crippen LogP contribution >= 0.6 is 0 Å². The number of fused-ring (bicyclic) bond motifs is 2. The maximum Gasteiger partial charge on any atom is 0.291 e. The van der Waals surface area contributed by atoms with Crippen LogP contribution < -0.4 is 5.43 Å². The number of hydrogen-bond acceptors (Lipinski definition) is 4. The molecule has 5 rings (SSSR count). The van der Waals surface area contributed by atoms with Crippen molar-refractivity contribution in [1.29, 1.82) is 0 Å². The molecule has 156 valence electrons. The molecule has 5 nitrogen and oxygen atoms in total. The standard InChI is InChI=1S/C26H23NO4/c1-26(2,3)17-12-10-16(11-13-17)22-21-23(28)19-8-4-5-9-20(19)31-24(21)25(29)27(22)15-18-7-6-14-30-18/h4-14,22H,15H2,1-3H3/t22-/m1/s1. The van der Waals surface area contributed by atoms with Gasteiger partial charge in [-0.05, 0) is 40.8 Å². The number of para-hydroxylation sites is 1. The molecule has 0 spiro atoms. The highest BCUT2D eigenvalue weighted by molar-refractivity contribution is 5.99. The summed E-state index contributed by atoms with van der Waals surface area (Å²) in [6.07, 6.45) is 1.58. The van der Waals surface area contributed by atoms with E-state index in [2.05, 4.69) is 32.9 Å². The number of carbonyl (C=O) groups excluding carboxylic acids is 1. The van der Waals surface area contributed by atoms with Crippen LogP contribution in [0.2, 0.25) is 0 Å². The molecule has 2 aromatic carbocycles. The van der Waals surface area contributed by atoms with Gasteiger partial charge in [0.25, 0.3) is 5.91 Å². The van der Waals surface area contributed by atoms with E-state index in [9.17, 15) is 9.59 Å². The summed E-state index contributed by atoms with van der Waals surface area (Å²) in [5.41, 5.74) is 2.70. The highest BCUT2D eigenvalue weighted by atomic mass is 16.3. The molecule has 31 heavy (non-hydrogen) atoms. The lowest BCUT2D eigenvalue weighted by Crippen LogP contribution is -2.29. The number of hydrogen-bond donors (Lipinski definition) is 0. The minimum atomic E-state index is -0.539. The van der Waals surface area contributed by atoms with Crippen LogP contribution in [0.25, 0.3) is 11.0 Å². The average molecular weight is 413 g/mol. The smallest absolute Gasteiger partial charge is 0.291 e. The molecule has 1 atom stereocenters. The summed E-state index contributed by atoms with van der Waals surface area (Å²) in [4.78, 5) is 28.5. The summed E-state index contributed by atoms with van der Waals surface area (Å²) in [5.74, 6) is 0.453. The SMILES string of the molecule is CC(C)(C)c1ccc([C@@H]2c3c(oc4ccccc4c3=O)C(=O)N2Cc2ccco2)cc1. The second-order valence-electron chi connectivity index (χ2n) is 8.96. The third kappa shape index (κ3) is 3.17. The van der Waals surface area contributed by atoms with Crippen LogP contribution in [-0.4, -0.2) is 10.8 Å². The highest BCUT2D eigenvalue weighted by Crippen LogP contribution is 2.39. The van der Waals surface area contributed by atoms with Crippen molar-refractivity contribution >= 4 is 16.9 Å². The van der Waals surface area contributed by atoms with Gasteiger partial charge < -0.3 is 13.7 Å². The first kappa shape index (κ1) is 19.4. The molecular weight excluding hydrogens is 390 g/mol. The number of nitrogens with zero attached hydrogens (tertiary/aromatic N) is 1. The fourth-order valence-corrected chi connectivity index (χ4v) is 4.21. The van der Waals surface area contributed by atoms with Crippen molar-refractivity contribution in [2.45, 2.75) is 38.8 Å². The monoisotopic (exact) mass is 413 g/mol. The predicted octanol–water partition coefficient (Wildman–Crippen LogP) is 5.43. The van der Waals surface area contributed by atoms with Crippen LogP contribution in [0.3, 0.4) is 0 Å². The lowest BCUT2D eigenvalue weighted by Gasteiger charge is -2.25. The van der Waals surface area contributed by atoms with Crippen LogP contribution in [0.1, 0.15) is 59.8 Å². The van der Waals surface area contributed by atoms with E-state index in [0.29, 0.717) is 22.3 Å². The van der Waals surface area contributed by atoms with Gasteiger partial charge in [0.1, 0.15) is 11.3 Å². The molecule has 1 aliphatic rings. The Hall–Kier alpha value is -3.60. The topological polar surface area (TPSA) is 63.7 Å². The molecule has 2 aromatic heterocycles. The van der Waals surface area contributed by atoms with Crippen molar-refractivity contribution in [3.05, 3.63) is 105 Å². The van der Waals surface area contributed by atoms with E-state index < -0.39 is 6.04 Å². The molecule has 0 unspecified atom stereocenters. The summed E-state index contributed by atoms with van der Waals surface area (Å²) in [7, 11) is 0. The van der Waals surface area contributed by atoms with E-state index in [1.807, 2.05) is 18.2 Å². The van der Waals surface area contributed by atoms with Gasteiger partial charge in [0.05, 0.1) is 29.8 Å². The summed E-state index contributed by atoms with van der Waals surface area (Å²) in [6, 6.07) is 18.2. The van der Waals surface area contributed by atoms with Crippen LogP contribution in [0, 0.1) is 0 Å². The van der Waals surface area contributed by atoms with E-state index >= 15 is 0 Å². The van der Waals surface area contributed by atoms with E-state index in [1.165, 1.54) is 5.56 Å². The Morgan fingerprint density at radius 1 is 0.935 bits per heavy atom. The second kappa shape index (κ2) is 6.98. The van der Waals surface area contributed by atoms with Gasteiger partial charge in [-0.1, -0.05) is 57.2 Å². The molecule has 0 aliphatic carbocycles. The zero-order chi connectivity index (χ0) is 21.8. The van der Waals surface area contributed by atoms with Gasteiger partial charge in [-0.3, -0.25) is 9.59 Å². The maximum atomic E-state index is 13.5. The Kier molecular flexibility index (Phi) is 4.36. The van der Waals surface area contributed by atoms with Gasteiger partial charge in [0, 0.05) is 0 Å². The molecule has 0 fully saturated rings. The Morgan fingerprint density at radius 2 is 1.68 bits per heavy atom. The van der Waals surface area contributed by atoms with E-state index in [-0.39, 0.29) is 29.1 Å². The van der Waals surface area contributed by atoms with Crippen molar-refractivity contribution in [3.63, 3.8) is 0 Å². The normalized spacial score (nSPS) is 16.2. The van der Waals surface area contributed by atoms with Crippen molar-refractivity contribution in [3.8, 4) is 0 Å². The number of amides is 1. The number of rotatable bonds is 3. The predicted molar refractivity (Wildman–Crippen MR) is 118 cm³/mol. The molecule has 1 amide bonds. The number of furan rings is 1. The van der Waals surface area contributed by atoms with Gasteiger partial charge in [-0.2, -0.15) is 0 Å². The van der Waals surface area contributed by atoms with Crippen molar-refractivity contribution in [2.24, 2.45) is 0 Å². The number of benzene rings is 2. The highest BCUT2D eigenvalue weighted by Gasteiger charge is 2.43. The first-order valence-corrected chi connectivity index (χ1v) is 10.3. The Labute approximate surface area is 179 Å². The zero-order valence-electron chi connectivity index (χ0n) is 17.7. The van der Waals surface area contributed by atoms with Crippen molar-refractivity contribution < 1.29 is 13.6 Å². The van der Waals surface area contributed by atoms with Gasteiger partial charge in [0.2, 0.25) is 5.76 Å². The fraction of sp³-hybridized carbons (Fsp3) is 0.231. The molecule has 1 aliphatic heterocycles. The van der Waals surface area contributed by atoms with Crippen LogP contribution in [-0.2, 0) is 12.0 Å². The van der Waals surface area contributed by atoms with Gasteiger partial charge in [-0.15, -0.1) is 0 Å². The molecule has 0 saturated heterocycles. The molecule has 0 N–H and O–H groups in total. The van der Waals surface area contributed by atoms with E-state index in [0.717, 1.165) is 5.56 Å². The van der Waals surface area contributed by atoms with Gasteiger partial charge in [0.15, 0.2) is 5.43 Å². The van der Waals surface area contributed by atoms with Gasteiger partial charge in [-0.25, -0.2) is 0 Å². The average Bonchev–Trinajstić information content (AvgIpc) is 3.36. The Bertz CT molecular complexity index is 1320. The molecule has 0 bridgehead atoms. The van der Waals surface area contributed by atoms with Crippen LogP contribution in [0.15, 0.2) is 80.6 Å². The summed E-state index contributed by atoms with van der Waals surface area (Å²) < 4.78 is 11.5. The fourth-order valence-electron chi connectivity index (χ4n) is 4.21.